The van der Waals surface area contributed by atoms with Crippen molar-refractivity contribution >= 4 is 23.0 Å². The number of hydrogen-bond donors (Lipinski definition) is 1. The Morgan fingerprint density at radius 3 is 2.53 bits per heavy atom. The molecule has 2 aliphatic carbocycles. The van der Waals surface area contributed by atoms with E-state index in [-0.39, 0.29) is 12.0 Å². The van der Waals surface area contributed by atoms with Gasteiger partial charge < -0.3 is 19.9 Å². The van der Waals surface area contributed by atoms with Crippen LogP contribution in [0, 0.1) is 0 Å². The molecule has 2 heterocycles. The van der Waals surface area contributed by atoms with Gasteiger partial charge in [0, 0.05) is 62.2 Å². The van der Waals surface area contributed by atoms with Gasteiger partial charge in [-0.2, -0.15) is 0 Å². The first-order valence-corrected chi connectivity index (χ1v) is 18.1. The Bertz CT molecular complexity index is 1690. The van der Waals surface area contributed by atoms with E-state index in [1.807, 2.05) is 23.1 Å². The zero-order valence-corrected chi connectivity index (χ0v) is 29.4. The van der Waals surface area contributed by atoms with Crippen molar-refractivity contribution in [3.05, 3.63) is 132 Å². The number of nitrogens with zero attached hydrogens (tertiary/aromatic N) is 3. The standard InChI is InChI=1S/C39H46N4O2.C4H6/c1-28(2)45-38-13-6-5-12-36(38)42-22-20-41(21-23-42)27-29-8-7-11-33(24-29)39(44)43-19-18-31-15-17-35(26-37(31)43)40-34-16-14-30-9-3-4-10-32(30)25-34;1-3-4-2/h4-8,10-13,15,17,24,26,28,34,40H,3,9,14,16,18-23,25,27H2,1-2H3;3-4H,1-2H2. The SMILES string of the molecule is C=CC=C.CC(C)Oc1ccccc1N1CCN(Cc2cccc(C(=O)N3CCc4ccc(NC5CCC6=C(C=CCC6)C5)cc43)c2)CC1. The normalized spacial score (nSPS) is 18.7. The lowest BCUT2D eigenvalue weighted by Gasteiger charge is -2.37. The number of hydrogen-bond acceptors (Lipinski definition) is 5. The number of allylic oxidation sites excluding steroid dienone is 5. The molecule has 3 aromatic carbocycles. The van der Waals surface area contributed by atoms with Crippen molar-refractivity contribution in [1.29, 1.82) is 0 Å². The maximum atomic E-state index is 13.9. The molecule has 0 spiro atoms. The van der Waals surface area contributed by atoms with Gasteiger partial charge >= 0.3 is 0 Å². The Morgan fingerprint density at radius 2 is 1.73 bits per heavy atom. The van der Waals surface area contributed by atoms with Crippen LogP contribution >= 0.6 is 0 Å². The summed E-state index contributed by atoms with van der Waals surface area (Å²) in [7, 11) is 0. The largest absolute Gasteiger partial charge is 0.489 e. The molecule has 0 bridgehead atoms. The first-order chi connectivity index (χ1) is 23.9. The number of anilines is 3. The van der Waals surface area contributed by atoms with E-state index in [0.717, 1.165) is 74.8 Å². The van der Waals surface area contributed by atoms with Gasteiger partial charge in [0.15, 0.2) is 0 Å². The molecule has 6 heteroatoms. The third-order valence-corrected chi connectivity index (χ3v) is 9.93. The molecular formula is C43H52N4O2. The maximum absolute atomic E-state index is 13.9. The van der Waals surface area contributed by atoms with Crippen molar-refractivity contribution < 1.29 is 9.53 Å². The summed E-state index contributed by atoms with van der Waals surface area (Å²) >= 11 is 0. The van der Waals surface area contributed by atoms with Crippen LogP contribution in [0.5, 0.6) is 5.75 Å². The van der Waals surface area contributed by atoms with Crippen LogP contribution in [0.15, 0.2) is 115 Å². The summed E-state index contributed by atoms with van der Waals surface area (Å²) in [5.74, 6) is 1.06. The number of amides is 1. The highest BCUT2D eigenvalue weighted by atomic mass is 16.5. The van der Waals surface area contributed by atoms with Crippen molar-refractivity contribution in [3.8, 4) is 5.75 Å². The predicted octanol–water partition coefficient (Wildman–Crippen LogP) is 8.97. The minimum absolute atomic E-state index is 0.0964. The average molecular weight is 657 g/mol. The van der Waals surface area contributed by atoms with Gasteiger partial charge in [-0.25, -0.2) is 0 Å². The molecule has 1 atom stereocenters. The van der Waals surface area contributed by atoms with E-state index in [9.17, 15) is 4.79 Å². The fraction of sp³-hybridized carbons (Fsp3) is 0.372. The minimum atomic E-state index is 0.0964. The smallest absolute Gasteiger partial charge is 0.258 e. The van der Waals surface area contributed by atoms with Crippen molar-refractivity contribution in [2.75, 3.05) is 47.8 Å². The van der Waals surface area contributed by atoms with Crippen molar-refractivity contribution in [2.45, 2.75) is 71.1 Å². The Balaban J connectivity index is 0.000000989. The van der Waals surface area contributed by atoms with E-state index in [1.165, 1.54) is 48.1 Å². The number of fused-ring (bicyclic) bond motifs is 1. The highest BCUT2D eigenvalue weighted by molar-refractivity contribution is 6.07. The second-order valence-corrected chi connectivity index (χ2v) is 13.8. The quantitative estimate of drug-likeness (QED) is 0.233. The molecule has 1 amide bonds. The summed E-state index contributed by atoms with van der Waals surface area (Å²) < 4.78 is 6.08. The van der Waals surface area contributed by atoms with Crippen LogP contribution in [0.25, 0.3) is 0 Å². The number of carbonyl (C=O) groups excluding carboxylic acids is 1. The Labute approximate surface area is 293 Å². The lowest BCUT2D eigenvalue weighted by atomic mass is 9.83. The molecule has 7 rings (SSSR count). The predicted molar refractivity (Wildman–Crippen MR) is 205 cm³/mol. The van der Waals surface area contributed by atoms with Gasteiger partial charge in [-0.1, -0.05) is 73.4 Å². The fourth-order valence-electron chi connectivity index (χ4n) is 7.45. The summed E-state index contributed by atoms with van der Waals surface area (Å²) in [6, 6.07) is 23.7. The molecule has 1 saturated heterocycles. The molecule has 4 aliphatic rings. The van der Waals surface area contributed by atoms with Gasteiger partial charge in [0.05, 0.1) is 11.8 Å². The first-order valence-electron chi connectivity index (χ1n) is 18.1. The zero-order valence-electron chi connectivity index (χ0n) is 29.4. The topological polar surface area (TPSA) is 48.1 Å². The number of benzene rings is 3. The van der Waals surface area contributed by atoms with Crippen LogP contribution < -0.4 is 19.9 Å². The summed E-state index contributed by atoms with van der Waals surface area (Å²) in [5, 5.41) is 3.80. The van der Waals surface area contributed by atoms with Crippen molar-refractivity contribution in [2.24, 2.45) is 0 Å². The average Bonchev–Trinajstić information content (AvgIpc) is 3.55. The van der Waals surface area contributed by atoms with Crippen LogP contribution in [-0.2, 0) is 13.0 Å². The monoisotopic (exact) mass is 656 g/mol. The van der Waals surface area contributed by atoms with Crippen LogP contribution in [0.3, 0.4) is 0 Å². The fourth-order valence-corrected chi connectivity index (χ4v) is 7.45. The molecule has 0 radical (unpaired) electrons. The summed E-state index contributed by atoms with van der Waals surface area (Å²) in [4.78, 5) is 20.8. The number of rotatable bonds is 9. The van der Waals surface area contributed by atoms with Gasteiger partial charge in [0.25, 0.3) is 5.91 Å². The molecule has 6 nitrogen and oxygen atoms in total. The molecule has 1 N–H and O–H groups in total. The number of carbonyl (C=O) groups is 1. The second kappa shape index (κ2) is 16.2. The minimum Gasteiger partial charge on any atom is -0.489 e. The maximum Gasteiger partial charge on any atom is 0.258 e. The van der Waals surface area contributed by atoms with Gasteiger partial charge in [-0.05, 0) is 105 Å². The third-order valence-electron chi connectivity index (χ3n) is 9.93. The molecule has 1 fully saturated rings. The number of nitrogens with one attached hydrogen (secondary N) is 1. The lowest BCUT2D eigenvalue weighted by Crippen LogP contribution is -2.46. The van der Waals surface area contributed by atoms with Crippen LogP contribution in [0.2, 0.25) is 0 Å². The van der Waals surface area contributed by atoms with Crippen molar-refractivity contribution in [1.82, 2.24) is 4.90 Å². The van der Waals surface area contributed by atoms with E-state index in [1.54, 1.807) is 17.7 Å². The van der Waals surface area contributed by atoms with Crippen LogP contribution in [0.4, 0.5) is 17.1 Å². The summed E-state index contributed by atoms with van der Waals surface area (Å²) in [5.41, 5.74) is 9.76. The van der Waals surface area contributed by atoms with Gasteiger partial charge in [0.2, 0.25) is 0 Å². The molecular weight excluding hydrogens is 604 g/mol. The highest BCUT2D eigenvalue weighted by Crippen LogP contribution is 2.36. The molecule has 2 aliphatic heterocycles. The zero-order chi connectivity index (χ0) is 34.2. The molecule has 0 aromatic heterocycles. The Hall–Kier alpha value is -4.55. The van der Waals surface area contributed by atoms with E-state index < -0.39 is 0 Å². The summed E-state index contributed by atoms with van der Waals surface area (Å²) in [6.45, 7) is 16.3. The summed E-state index contributed by atoms with van der Waals surface area (Å²) in [6.07, 6.45) is 14.9. The molecule has 3 aromatic rings. The van der Waals surface area contributed by atoms with E-state index in [0.29, 0.717) is 6.04 Å². The number of ether oxygens (including phenoxy) is 1. The third kappa shape index (κ3) is 8.55. The van der Waals surface area contributed by atoms with Crippen molar-refractivity contribution in [3.63, 3.8) is 0 Å². The van der Waals surface area contributed by atoms with E-state index in [4.69, 9.17) is 4.74 Å². The first kappa shape index (κ1) is 34.3. The second-order valence-electron chi connectivity index (χ2n) is 13.8. The molecule has 0 saturated carbocycles. The Kier molecular flexibility index (Phi) is 11.4. The van der Waals surface area contributed by atoms with Crippen LogP contribution in [0.1, 0.15) is 67.4 Å². The van der Waals surface area contributed by atoms with Gasteiger partial charge in [-0.3, -0.25) is 9.69 Å². The van der Waals surface area contributed by atoms with E-state index in [2.05, 4.69) is 103 Å². The number of piperazine rings is 1. The number of para-hydroxylation sites is 2. The molecule has 49 heavy (non-hydrogen) atoms. The molecule has 1 unspecified atom stereocenters. The lowest BCUT2D eigenvalue weighted by molar-refractivity contribution is 0.0989. The van der Waals surface area contributed by atoms with Crippen LogP contribution in [-0.4, -0.2) is 55.7 Å². The molecule has 256 valence electrons. The van der Waals surface area contributed by atoms with E-state index >= 15 is 0 Å². The van der Waals surface area contributed by atoms with Gasteiger partial charge in [-0.15, -0.1) is 0 Å². The highest BCUT2D eigenvalue weighted by Gasteiger charge is 2.28. The van der Waals surface area contributed by atoms with Gasteiger partial charge in [0.1, 0.15) is 5.75 Å². The Morgan fingerprint density at radius 1 is 0.918 bits per heavy atom.